The number of fused-ring (bicyclic) bond motifs is 1. The number of nitrogens with zero attached hydrogens (tertiary/aromatic N) is 4. The molecule has 0 amide bonds. The molecule has 0 radical (unpaired) electrons. The van der Waals surface area contributed by atoms with E-state index in [0.717, 1.165) is 24.0 Å². The van der Waals surface area contributed by atoms with Crippen molar-refractivity contribution in [2.24, 2.45) is 0 Å². The molecule has 0 aliphatic carbocycles. The molecule has 21 heavy (non-hydrogen) atoms. The fraction of sp³-hybridized carbons (Fsp3) is 0.312. The van der Waals surface area contributed by atoms with Crippen molar-refractivity contribution in [1.29, 1.82) is 0 Å². The summed E-state index contributed by atoms with van der Waals surface area (Å²) in [6.45, 7) is 3.04. The van der Waals surface area contributed by atoms with Gasteiger partial charge in [0.15, 0.2) is 0 Å². The van der Waals surface area contributed by atoms with Crippen LogP contribution in [0, 0.1) is 0 Å². The van der Waals surface area contributed by atoms with Gasteiger partial charge >= 0.3 is 0 Å². The van der Waals surface area contributed by atoms with Crippen LogP contribution in [0.25, 0.3) is 11.0 Å². The second-order valence-corrected chi connectivity index (χ2v) is 5.21. The predicted octanol–water partition coefficient (Wildman–Crippen LogP) is 3.20. The molecule has 0 fully saturated rings. The van der Waals surface area contributed by atoms with Crippen LogP contribution in [0.2, 0.25) is 0 Å². The van der Waals surface area contributed by atoms with Gasteiger partial charge in [-0.1, -0.05) is 19.1 Å². The maximum Gasteiger partial charge on any atom is 0.135 e. The lowest BCUT2D eigenvalue weighted by molar-refractivity contribution is 0.230. The number of rotatable bonds is 5. The van der Waals surface area contributed by atoms with E-state index >= 15 is 0 Å². The third-order valence-corrected chi connectivity index (χ3v) is 3.74. The van der Waals surface area contributed by atoms with Gasteiger partial charge in [0, 0.05) is 25.0 Å². The van der Waals surface area contributed by atoms with Gasteiger partial charge in [-0.3, -0.25) is 9.88 Å². The van der Waals surface area contributed by atoms with Gasteiger partial charge in [-0.05, 0) is 53.1 Å². The zero-order valence-corrected chi connectivity index (χ0v) is 12.2. The van der Waals surface area contributed by atoms with Crippen LogP contribution in [0.15, 0.2) is 47.4 Å². The maximum atomic E-state index is 4.74. The normalized spacial score (nSPS) is 12.9. The summed E-state index contributed by atoms with van der Waals surface area (Å²) in [6.07, 6.45) is 4.78. The second-order valence-electron chi connectivity index (χ2n) is 5.21. The van der Waals surface area contributed by atoms with E-state index in [4.69, 9.17) is 4.63 Å². The lowest BCUT2D eigenvalue weighted by atomic mass is 10.0. The van der Waals surface area contributed by atoms with Gasteiger partial charge < -0.3 is 0 Å². The topological polar surface area (TPSA) is 55.1 Å². The van der Waals surface area contributed by atoms with Crippen LogP contribution >= 0.6 is 0 Å². The van der Waals surface area contributed by atoms with Crippen molar-refractivity contribution in [3.63, 3.8) is 0 Å². The van der Waals surface area contributed by atoms with E-state index in [1.54, 1.807) is 0 Å². The summed E-state index contributed by atoms with van der Waals surface area (Å²) in [5.41, 5.74) is 4.03. The molecule has 5 nitrogen and oxygen atoms in total. The number of hydrogen-bond donors (Lipinski definition) is 0. The van der Waals surface area contributed by atoms with E-state index in [-0.39, 0.29) is 0 Å². The Morgan fingerprint density at radius 3 is 2.81 bits per heavy atom. The fourth-order valence-electron chi connectivity index (χ4n) is 2.70. The Kier molecular flexibility index (Phi) is 3.92. The highest BCUT2D eigenvalue weighted by molar-refractivity contribution is 5.73. The summed E-state index contributed by atoms with van der Waals surface area (Å²) in [5, 5.41) is 7.73. The average molecular weight is 282 g/mol. The molecule has 3 rings (SSSR count). The molecule has 0 N–H and O–H groups in total. The van der Waals surface area contributed by atoms with Crippen molar-refractivity contribution >= 4 is 11.0 Å². The van der Waals surface area contributed by atoms with Crippen LogP contribution < -0.4 is 0 Å². The number of aromatic nitrogens is 3. The molecule has 0 saturated heterocycles. The summed E-state index contributed by atoms with van der Waals surface area (Å²) in [6, 6.07) is 10.5. The Morgan fingerprint density at radius 1 is 1.19 bits per heavy atom. The Morgan fingerprint density at radius 2 is 2.05 bits per heavy atom. The number of pyridine rings is 1. The van der Waals surface area contributed by atoms with Crippen LogP contribution in [-0.2, 0) is 6.54 Å². The van der Waals surface area contributed by atoms with Crippen LogP contribution in [0.3, 0.4) is 0 Å². The molecule has 0 bridgehead atoms. The highest BCUT2D eigenvalue weighted by atomic mass is 16.6. The minimum atomic E-state index is 0.352. The molecule has 0 aliphatic heterocycles. The largest absolute Gasteiger partial charge is 0.295 e. The molecule has 0 spiro atoms. The van der Waals surface area contributed by atoms with Crippen molar-refractivity contribution in [2.75, 3.05) is 7.05 Å². The van der Waals surface area contributed by atoms with Gasteiger partial charge in [-0.15, -0.1) is 0 Å². The smallest absolute Gasteiger partial charge is 0.135 e. The van der Waals surface area contributed by atoms with E-state index in [2.05, 4.69) is 46.3 Å². The van der Waals surface area contributed by atoms with E-state index < -0.39 is 0 Å². The van der Waals surface area contributed by atoms with E-state index in [1.807, 2.05) is 30.6 Å². The molecule has 108 valence electrons. The number of benzene rings is 1. The maximum absolute atomic E-state index is 4.74. The van der Waals surface area contributed by atoms with Gasteiger partial charge in [-0.2, -0.15) is 0 Å². The van der Waals surface area contributed by atoms with Crippen LogP contribution in [0.4, 0.5) is 0 Å². The highest BCUT2D eigenvalue weighted by Crippen LogP contribution is 2.24. The first-order valence-electron chi connectivity index (χ1n) is 7.09. The molecular formula is C16H18N4O. The quantitative estimate of drug-likeness (QED) is 0.719. The molecule has 3 aromatic rings. The average Bonchev–Trinajstić information content (AvgIpc) is 2.96. The van der Waals surface area contributed by atoms with E-state index in [1.165, 1.54) is 11.1 Å². The summed E-state index contributed by atoms with van der Waals surface area (Å²) >= 11 is 0. The molecule has 1 unspecified atom stereocenters. The Hall–Kier alpha value is -2.27. The van der Waals surface area contributed by atoms with E-state index in [9.17, 15) is 0 Å². The van der Waals surface area contributed by atoms with Crippen molar-refractivity contribution in [2.45, 2.75) is 25.9 Å². The third kappa shape index (κ3) is 2.92. The third-order valence-electron chi connectivity index (χ3n) is 3.74. The van der Waals surface area contributed by atoms with Gasteiger partial charge in [0.25, 0.3) is 0 Å². The lowest BCUT2D eigenvalue weighted by Crippen LogP contribution is -2.23. The molecule has 0 aliphatic rings. The summed E-state index contributed by atoms with van der Waals surface area (Å²) in [4.78, 5) is 6.54. The first-order chi connectivity index (χ1) is 10.3. The zero-order valence-electron chi connectivity index (χ0n) is 12.2. The Bertz CT molecular complexity index is 710. The van der Waals surface area contributed by atoms with Crippen molar-refractivity contribution in [3.8, 4) is 0 Å². The first-order valence-corrected chi connectivity index (χ1v) is 7.09. The second kappa shape index (κ2) is 6.01. The summed E-state index contributed by atoms with van der Waals surface area (Å²) in [5.74, 6) is 0. The fourth-order valence-corrected chi connectivity index (χ4v) is 2.70. The molecular weight excluding hydrogens is 264 g/mol. The molecule has 5 heteroatoms. The van der Waals surface area contributed by atoms with Crippen molar-refractivity contribution in [3.05, 3.63) is 53.9 Å². The summed E-state index contributed by atoms with van der Waals surface area (Å²) < 4.78 is 4.74. The summed E-state index contributed by atoms with van der Waals surface area (Å²) in [7, 11) is 2.13. The minimum Gasteiger partial charge on any atom is -0.295 e. The van der Waals surface area contributed by atoms with Crippen LogP contribution in [0.5, 0.6) is 0 Å². The molecule has 2 heterocycles. The highest BCUT2D eigenvalue weighted by Gasteiger charge is 2.15. The Balaban J connectivity index is 1.79. The zero-order chi connectivity index (χ0) is 14.7. The molecule has 1 aromatic carbocycles. The van der Waals surface area contributed by atoms with Gasteiger partial charge in [0.05, 0.1) is 0 Å². The van der Waals surface area contributed by atoms with Gasteiger partial charge in [0.1, 0.15) is 11.0 Å². The van der Waals surface area contributed by atoms with Crippen molar-refractivity contribution < 1.29 is 4.63 Å². The van der Waals surface area contributed by atoms with Crippen molar-refractivity contribution in [1.82, 2.24) is 20.2 Å². The van der Waals surface area contributed by atoms with Crippen LogP contribution in [-0.4, -0.2) is 27.2 Å². The van der Waals surface area contributed by atoms with E-state index in [0.29, 0.717) is 6.04 Å². The van der Waals surface area contributed by atoms with Crippen LogP contribution in [0.1, 0.15) is 30.5 Å². The first kappa shape index (κ1) is 13.7. The number of hydrogen-bond acceptors (Lipinski definition) is 5. The van der Waals surface area contributed by atoms with Gasteiger partial charge in [0.2, 0.25) is 0 Å². The predicted molar refractivity (Wildman–Crippen MR) is 80.5 cm³/mol. The minimum absolute atomic E-state index is 0.352. The monoisotopic (exact) mass is 282 g/mol. The SMILES string of the molecule is CCC(c1cccnc1)N(C)Cc1ccc2nonc2c1. The standard InChI is InChI=1S/C16H18N4O/c1-3-16(13-5-4-8-17-10-13)20(2)11-12-6-7-14-15(9-12)19-21-18-14/h4-10,16H,3,11H2,1-2H3. The molecule has 0 saturated carbocycles. The lowest BCUT2D eigenvalue weighted by Gasteiger charge is -2.27. The molecule has 1 atom stereocenters. The van der Waals surface area contributed by atoms with Gasteiger partial charge in [-0.25, -0.2) is 4.63 Å². The molecule has 2 aromatic heterocycles. The Labute approximate surface area is 123 Å².